The van der Waals surface area contributed by atoms with Crippen molar-refractivity contribution in [2.75, 3.05) is 13.1 Å². The maximum absolute atomic E-state index is 13.6. The Balaban J connectivity index is 2.25. The predicted molar refractivity (Wildman–Crippen MR) is 61.6 cm³/mol. The lowest BCUT2D eigenvalue weighted by atomic mass is 9.75. The molecule has 0 radical (unpaired) electrons. The van der Waals surface area contributed by atoms with Gasteiger partial charge in [0.1, 0.15) is 6.17 Å². The molecule has 2 atom stereocenters. The van der Waals surface area contributed by atoms with Crippen molar-refractivity contribution in [2.45, 2.75) is 51.7 Å². The average molecular weight is 211 g/mol. The van der Waals surface area contributed by atoms with Gasteiger partial charge in [-0.15, -0.1) is 0 Å². The Morgan fingerprint density at radius 1 is 1.53 bits per heavy atom. The van der Waals surface area contributed by atoms with Crippen molar-refractivity contribution in [2.24, 2.45) is 5.41 Å². The van der Waals surface area contributed by atoms with Gasteiger partial charge in [0.25, 0.3) is 0 Å². The van der Waals surface area contributed by atoms with Gasteiger partial charge in [0.15, 0.2) is 0 Å². The van der Waals surface area contributed by atoms with E-state index in [0.717, 1.165) is 19.4 Å². The van der Waals surface area contributed by atoms with Crippen LogP contribution in [0.3, 0.4) is 0 Å². The van der Waals surface area contributed by atoms with E-state index in [1.807, 2.05) is 0 Å². The van der Waals surface area contributed by atoms with Gasteiger partial charge in [-0.05, 0) is 18.3 Å². The highest BCUT2D eigenvalue weighted by atomic mass is 19.1. The molecule has 0 N–H and O–H groups in total. The van der Waals surface area contributed by atoms with E-state index in [1.54, 1.807) is 0 Å². The molecule has 2 aliphatic heterocycles. The zero-order valence-corrected chi connectivity index (χ0v) is 10.1. The second-order valence-corrected chi connectivity index (χ2v) is 6.37. The molecule has 0 amide bonds. The van der Waals surface area contributed by atoms with Gasteiger partial charge in [-0.3, -0.25) is 4.90 Å². The zero-order valence-electron chi connectivity index (χ0n) is 10.1. The van der Waals surface area contributed by atoms with E-state index in [4.69, 9.17) is 0 Å². The molecule has 2 fully saturated rings. The molecule has 0 aliphatic carbocycles. The van der Waals surface area contributed by atoms with Crippen LogP contribution in [0.2, 0.25) is 0 Å². The van der Waals surface area contributed by atoms with Gasteiger partial charge in [0.2, 0.25) is 0 Å². The molecule has 0 spiro atoms. The van der Waals surface area contributed by atoms with Crippen molar-refractivity contribution < 1.29 is 4.39 Å². The Bertz CT molecular complexity index is 279. The first-order valence-electron chi connectivity index (χ1n) is 5.91. The molecule has 2 rings (SSSR count). The topological polar surface area (TPSA) is 3.24 Å². The summed E-state index contributed by atoms with van der Waals surface area (Å²) in [5.41, 5.74) is 1.49. The number of nitrogens with zero attached hydrogens (tertiary/aromatic N) is 1. The third kappa shape index (κ3) is 1.84. The molecule has 0 aromatic heterocycles. The van der Waals surface area contributed by atoms with Crippen LogP contribution >= 0.6 is 0 Å². The van der Waals surface area contributed by atoms with E-state index < -0.39 is 6.17 Å². The summed E-state index contributed by atoms with van der Waals surface area (Å²) in [5, 5.41) is 0. The molecule has 86 valence electrons. The van der Waals surface area contributed by atoms with Crippen LogP contribution in [0.1, 0.15) is 40.0 Å². The van der Waals surface area contributed by atoms with Gasteiger partial charge < -0.3 is 0 Å². The van der Waals surface area contributed by atoms with Crippen molar-refractivity contribution >= 4 is 0 Å². The third-order valence-electron chi connectivity index (χ3n) is 3.75. The van der Waals surface area contributed by atoms with Gasteiger partial charge in [0.05, 0.1) is 0 Å². The van der Waals surface area contributed by atoms with Crippen molar-refractivity contribution in [1.29, 1.82) is 0 Å². The van der Waals surface area contributed by atoms with Crippen LogP contribution in [-0.2, 0) is 0 Å². The molecule has 2 heterocycles. The lowest BCUT2D eigenvalue weighted by Gasteiger charge is -2.38. The summed E-state index contributed by atoms with van der Waals surface area (Å²) >= 11 is 0. The summed E-state index contributed by atoms with van der Waals surface area (Å²) in [7, 11) is 0. The number of hydrogen-bond acceptors (Lipinski definition) is 1. The van der Waals surface area contributed by atoms with Crippen molar-refractivity contribution in [3.05, 3.63) is 12.2 Å². The van der Waals surface area contributed by atoms with Crippen LogP contribution in [0.25, 0.3) is 0 Å². The van der Waals surface area contributed by atoms with E-state index in [-0.39, 0.29) is 11.0 Å². The molecule has 0 saturated carbocycles. The van der Waals surface area contributed by atoms with Crippen LogP contribution in [0, 0.1) is 5.41 Å². The van der Waals surface area contributed by atoms with E-state index >= 15 is 0 Å². The molecule has 15 heavy (non-hydrogen) atoms. The fraction of sp³-hybridized carbons (Fsp3) is 0.846. The summed E-state index contributed by atoms with van der Waals surface area (Å²) in [6.45, 7) is 12.5. The SMILES string of the molecule is C=C1CCN2C[C@@H](F)C[C@]12CC(C)(C)C. The van der Waals surface area contributed by atoms with Crippen molar-refractivity contribution in [1.82, 2.24) is 4.90 Å². The summed E-state index contributed by atoms with van der Waals surface area (Å²) in [5.74, 6) is 0. The van der Waals surface area contributed by atoms with Gasteiger partial charge in [0, 0.05) is 25.0 Å². The molecule has 1 nitrogen and oxygen atoms in total. The smallest absolute Gasteiger partial charge is 0.115 e. The Hall–Kier alpha value is -0.370. The molecule has 0 aromatic rings. The molecule has 2 aliphatic rings. The Kier molecular flexibility index (Phi) is 2.45. The largest absolute Gasteiger partial charge is 0.291 e. The number of halogens is 1. The monoisotopic (exact) mass is 211 g/mol. The van der Waals surface area contributed by atoms with Crippen LogP contribution in [0.5, 0.6) is 0 Å². The number of hydrogen-bond donors (Lipinski definition) is 0. The van der Waals surface area contributed by atoms with Gasteiger partial charge in [-0.2, -0.15) is 0 Å². The molecule has 0 bridgehead atoms. The highest BCUT2D eigenvalue weighted by molar-refractivity contribution is 5.27. The van der Waals surface area contributed by atoms with Gasteiger partial charge in [-0.25, -0.2) is 4.39 Å². The van der Waals surface area contributed by atoms with Crippen LogP contribution < -0.4 is 0 Å². The lowest BCUT2D eigenvalue weighted by molar-refractivity contribution is 0.155. The zero-order chi connectivity index (χ0) is 11.3. The minimum atomic E-state index is -0.649. The molecular formula is C13H22FN. The van der Waals surface area contributed by atoms with E-state index in [2.05, 4.69) is 32.3 Å². The first-order chi connectivity index (χ1) is 6.83. The molecule has 0 unspecified atom stereocenters. The van der Waals surface area contributed by atoms with Crippen molar-refractivity contribution in [3.63, 3.8) is 0 Å². The maximum Gasteiger partial charge on any atom is 0.115 e. The quantitative estimate of drug-likeness (QED) is 0.602. The highest BCUT2D eigenvalue weighted by Gasteiger charge is 2.52. The summed E-state index contributed by atoms with van der Waals surface area (Å²) < 4.78 is 13.6. The second-order valence-electron chi connectivity index (χ2n) is 6.37. The van der Waals surface area contributed by atoms with Gasteiger partial charge in [-0.1, -0.05) is 32.9 Å². The summed E-state index contributed by atoms with van der Waals surface area (Å²) in [6, 6.07) is 0. The van der Waals surface area contributed by atoms with Crippen molar-refractivity contribution in [3.8, 4) is 0 Å². The van der Waals surface area contributed by atoms with Gasteiger partial charge >= 0.3 is 0 Å². The standard InChI is InChI=1S/C13H22FN/c1-10-5-6-15-8-11(14)7-13(10,15)9-12(2,3)4/h11H,1,5-9H2,2-4H3/t11-,13-/m0/s1. The first kappa shape index (κ1) is 11.1. The normalized spacial score (nSPS) is 37.3. The Morgan fingerprint density at radius 2 is 2.20 bits per heavy atom. The Labute approximate surface area is 92.3 Å². The average Bonchev–Trinajstić information content (AvgIpc) is 2.47. The fourth-order valence-corrected chi connectivity index (χ4v) is 3.34. The molecule has 0 aromatic carbocycles. The van der Waals surface area contributed by atoms with Crippen LogP contribution in [0.4, 0.5) is 4.39 Å². The first-order valence-corrected chi connectivity index (χ1v) is 5.91. The fourth-order valence-electron chi connectivity index (χ4n) is 3.34. The number of fused-ring (bicyclic) bond motifs is 1. The number of rotatable bonds is 1. The minimum Gasteiger partial charge on any atom is -0.291 e. The highest BCUT2D eigenvalue weighted by Crippen LogP contribution is 2.48. The summed E-state index contributed by atoms with van der Waals surface area (Å²) in [4.78, 5) is 2.32. The lowest BCUT2D eigenvalue weighted by Crippen LogP contribution is -2.42. The van der Waals surface area contributed by atoms with Crippen LogP contribution in [-0.4, -0.2) is 29.7 Å². The maximum atomic E-state index is 13.6. The number of alkyl halides is 1. The van der Waals surface area contributed by atoms with E-state index in [0.29, 0.717) is 13.0 Å². The Morgan fingerprint density at radius 3 is 2.80 bits per heavy atom. The molecular weight excluding hydrogens is 189 g/mol. The third-order valence-corrected chi connectivity index (χ3v) is 3.75. The second kappa shape index (κ2) is 3.31. The van der Waals surface area contributed by atoms with Crippen LogP contribution in [0.15, 0.2) is 12.2 Å². The summed E-state index contributed by atoms with van der Waals surface area (Å²) in [6.07, 6.45) is 2.12. The predicted octanol–water partition coefficient (Wildman–Crippen LogP) is 3.17. The molecule has 2 saturated heterocycles. The minimum absolute atomic E-state index is 0.0162. The molecule has 2 heteroatoms. The van der Waals surface area contributed by atoms with E-state index in [1.165, 1.54) is 5.57 Å². The van der Waals surface area contributed by atoms with E-state index in [9.17, 15) is 4.39 Å².